The smallest absolute Gasteiger partial charge is 0.328 e. The molecule has 0 unspecified atom stereocenters. The minimum absolute atomic E-state index is 0.0591. The first kappa shape index (κ1) is 20.1. The normalized spacial score (nSPS) is 19.0. The van der Waals surface area contributed by atoms with Crippen LogP contribution in [-0.4, -0.2) is 53.4 Å². The molecule has 0 saturated heterocycles. The van der Waals surface area contributed by atoms with E-state index in [0.29, 0.717) is 24.5 Å². The van der Waals surface area contributed by atoms with Crippen LogP contribution in [0.3, 0.4) is 0 Å². The summed E-state index contributed by atoms with van der Waals surface area (Å²) in [6, 6.07) is 4.17. The number of rotatable bonds is 5. The Morgan fingerprint density at radius 1 is 1.37 bits per heavy atom. The van der Waals surface area contributed by atoms with E-state index in [1.54, 1.807) is 11.2 Å². The first-order valence-electron chi connectivity index (χ1n) is 10.1. The van der Waals surface area contributed by atoms with E-state index in [1.807, 2.05) is 32.0 Å². The number of carbonyl (C=O) groups excluding carboxylic acids is 2. The van der Waals surface area contributed by atoms with E-state index in [2.05, 4.69) is 15.3 Å². The van der Waals surface area contributed by atoms with Crippen LogP contribution in [0.15, 0.2) is 24.5 Å². The Morgan fingerprint density at radius 3 is 2.93 bits per heavy atom. The largest absolute Gasteiger partial charge is 0.467 e. The fourth-order valence-electron chi connectivity index (χ4n) is 3.93. The van der Waals surface area contributed by atoms with Crippen molar-refractivity contribution in [1.29, 1.82) is 0 Å². The molecule has 3 heterocycles. The lowest BCUT2D eigenvalue weighted by atomic mass is 9.95. The SMILES string of the molecule is CC[C@@H](C)[C@H](NC(=O)N1CCc2[nH]cnc2[C@H]1c1ccc2c(c1)OCO2)C(=O)OC. The van der Waals surface area contributed by atoms with Gasteiger partial charge >= 0.3 is 12.0 Å². The summed E-state index contributed by atoms with van der Waals surface area (Å²) in [4.78, 5) is 34.9. The third-order valence-corrected chi connectivity index (χ3v) is 5.85. The quantitative estimate of drug-likeness (QED) is 0.728. The molecule has 2 aliphatic heterocycles. The van der Waals surface area contributed by atoms with Gasteiger partial charge in [0.25, 0.3) is 0 Å². The third kappa shape index (κ3) is 3.55. The number of H-pyrrole nitrogens is 1. The Morgan fingerprint density at radius 2 is 2.17 bits per heavy atom. The van der Waals surface area contributed by atoms with Crippen LogP contribution >= 0.6 is 0 Å². The molecule has 9 nitrogen and oxygen atoms in total. The second-order valence-electron chi connectivity index (χ2n) is 7.56. The number of aromatic nitrogens is 2. The number of methoxy groups -OCH3 is 1. The van der Waals surface area contributed by atoms with Gasteiger partial charge in [-0.2, -0.15) is 0 Å². The summed E-state index contributed by atoms with van der Waals surface area (Å²) in [6.07, 6.45) is 3.02. The first-order chi connectivity index (χ1) is 14.5. The minimum Gasteiger partial charge on any atom is -0.467 e. The lowest BCUT2D eigenvalue weighted by Crippen LogP contribution is -2.53. The van der Waals surface area contributed by atoms with Crippen LogP contribution in [0.2, 0.25) is 0 Å². The molecule has 30 heavy (non-hydrogen) atoms. The number of aromatic amines is 1. The highest BCUT2D eigenvalue weighted by Crippen LogP contribution is 2.39. The van der Waals surface area contributed by atoms with Crippen molar-refractivity contribution >= 4 is 12.0 Å². The van der Waals surface area contributed by atoms with Crippen molar-refractivity contribution in [2.45, 2.75) is 38.8 Å². The van der Waals surface area contributed by atoms with Crippen molar-refractivity contribution in [1.82, 2.24) is 20.2 Å². The van der Waals surface area contributed by atoms with Gasteiger partial charge in [-0.25, -0.2) is 14.6 Å². The molecule has 2 aromatic rings. The zero-order valence-electron chi connectivity index (χ0n) is 17.3. The number of nitrogens with one attached hydrogen (secondary N) is 2. The zero-order valence-corrected chi connectivity index (χ0v) is 17.3. The van der Waals surface area contributed by atoms with E-state index in [1.165, 1.54) is 7.11 Å². The van der Waals surface area contributed by atoms with Crippen molar-refractivity contribution in [3.8, 4) is 11.5 Å². The van der Waals surface area contributed by atoms with Crippen molar-refractivity contribution < 1.29 is 23.8 Å². The number of hydrogen-bond acceptors (Lipinski definition) is 6. The van der Waals surface area contributed by atoms with Gasteiger partial charge in [0.1, 0.15) is 12.1 Å². The number of nitrogens with zero attached hydrogens (tertiary/aromatic N) is 2. The number of esters is 1. The fourth-order valence-corrected chi connectivity index (χ4v) is 3.93. The Balaban J connectivity index is 1.66. The van der Waals surface area contributed by atoms with E-state index in [-0.39, 0.29) is 18.7 Å². The monoisotopic (exact) mass is 414 g/mol. The summed E-state index contributed by atoms with van der Waals surface area (Å²) in [5.41, 5.74) is 2.64. The van der Waals surface area contributed by atoms with Gasteiger partial charge in [-0.1, -0.05) is 26.3 Å². The van der Waals surface area contributed by atoms with Gasteiger partial charge in [-0.15, -0.1) is 0 Å². The highest BCUT2D eigenvalue weighted by Gasteiger charge is 2.37. The molecule has 2 N–H and O–H groups in total. The topological polar surface area (TPSA) is 106 Å². The van der Waals surface area contributed by atoms with E-state index < -0.39 is 18.1 Å². The third-order valence-electron chi connectivity index (χ3n) is 5.85. The summed E-state index contributed by atoms with van der Waals surface area (Å²) in [6.45, 7) is 4.55. The fraction of sp³-hybridized carbons (Fsp3) is 0.476. The molecule has 4 rings (SSSR count). The van der Waals surface area contributed by atoms with Crippen LogP contribution in [0, 0.1) is 5.92 Å². The van der Waals surface area contributed by atoms with E-state index in [4.69, 9.17) is 14.2 Å². The number of hydrogen-bond donors (Lipinski definition) is 2. The zero-order chi connectivity index (χ0) is 21.3. The highest BCUT2D eigenvalue weighted by molar-refractivity contribution is 5.84. The van der Waals surface area contributed by atoms with Gasteiger partial charge in [0.2, 0.25) is 6.79 Å². The number of amides is 2. The number of fused-ring (bicyclic) bond motifs is 2. The van der Waals surface area contributed by atoms with Crippen molar-refractivity contribution in [2.24, 2.45) is 5.92 Å². The molecule has 0 saturated carbocycles. The van der Waals surface area contributed by atoms with Gasteiger partial charge in [-0.3, -0.25) is 0 Å². The summed E-state index contributed by atoms with van der Waals surface area (Å²) in [5, 5.41) is 2.88. The molecule has 160 valence electrons. The summed E-state index contributed by atoms with van der Waals surface area (Å²) >= 11 is 0. The Kier molecular flexibility index (Phi) is 5.52. The molecule has 2 aliphatic rings. The maximum atomic E-state index is 13.3. The van der Waals surface area contributed by atoms with Crippen LogP contribution in [0.1, 0.15) is 43.3 Å². The van der Waals surface area contributed by atoms with E-state index in [0.717, 1.165) is 23.4 Å². The highest BCUT2D eigenvalue weighted by atomic mass is 16.7. The van der Waals surface area contributed by atoms with E-state index >= 15 is 0 Å². The van der Waals surface area contributed by atoms with Crippen molar-refractivity contribution in [2.75, 3.05) is 20.4 Å². The Hall–Kier alpha value is -3.23. The average molecular weight is 414 g/mol. The maximum Gasteiger partial charge on any atom is 0.328 e. The predicted molar refractivity (Wildman–Crippen MR) is 107 cm³/mol. The van der Waals surface area contributed by atoms with Gasteiger partial charge < -0.3 is 29.4 Å². The van der Waals surface area contributed by atoms with E-state index in [9.17, 15) is 9.59 Å². The van der Waals surface area contributed by atoms with Crippen molar-refractivity contribution in [3.63, 3.8) is 0 Å². The second-order valence-corrected chi connectivity index (χ2v) is 7.56. The molecule has 0 spiro atoms. The summed E-state index contributed by atoms with van der Waals surface area (Å²) in [7, 11) is 1.33. The average Bonchev–Trinajstić information content (AvgIpc) is 3.44. The Bertz CT molecular complexity index is 943. The molecule has 0 aliphatic carbocycles. The molecule has 9 heteroatoms. The molecular weight excluding hydrogens is 388 g/mol. The minimum atomic E-state index is -0.717. The molecule has 0 radical (unpaired) electrons. The molecular formula is C21H26N4O5. The molecule has 1 aromatic heterocycles. The van der Waals surface area contributed by atoms with Crippen LogP contribution in [0.5, 0.6) is 11.5 Å². The van der Waals surface area contributed by atoms with Gasteiger partial charge in [0.05, 0.1) is 19.1 Å². The summed E-state index contributed by atoms with van der Waals surface area (Å²) in [5.74, 6) is 0.809. The maximum absolute atomic E-state index is 13.3. The predicted octanol–water partition coefficient (Wildman–Crippen LogP) is 2.38. The number of ether oxygens (including phenoxy) is 3. The molecule has 0 bridgehead atoms. The number of benzene rings is 1. The molecule has 3 atom stereocenters. The standard InChI is InChI=1S/C21H26N4O5/c1-4-12(2)17(20(26)28-3)24-21(27)25-8-7-14-18(23-10-22-14)19(25)13-5-6-15-16(9-13)30-11-29-15/h5-6,9-10,12,17,19H,4,7-8,11H2,1-3H3,(H,22,23)(H,24,27)/t12-,17+,19-/m1/s1. The molecule has 1 aromatic carbocycles. The number of urea groups is 1. The van der Waals surface area contributed by atoms with Crippen LogP contribution < -0.4 is 14.8 Å². The van der Waals surface area contributed by atoms with Gasteiger partial charge in [-0.05, 0) is 23.6 Å². The van der Waals surface area contributed by atoms with Gasteiger partial charge in [0, 0.05) is 18.7 Å². The van der Waals surface area contributed by atoms with Crippen LogP contribution in [0.25, 0.3) is 0 Å². The lowest BCUT2D eigenvalue weighted by molar-refractivity contribution is -0.144. The lowest BCUT2D eigenvalue weighted by Gasteiger charge is -2.36. The Labute approximate surface area is 174 Å². The van der Waals surface area contributed by atoms with Crippen LogP contribution in [0.4, 0.5) is 4.79 Å². The number of carbonyl (C=O) groups is 2. The van der Waals surface area contributed by atoms with Crippen LogP contribution in [-0.2, 0) is 16.0 Å². The summed E-state index contributed by atoms with van der Waals surface area (Å²) < 4.78 is 15.8. The second kappa shape index (κ2) is 8.25. The number of imidazole rings is 1. The van der Waals surface area contributed by atoms with Crippen molar-refractivity contribution in [3.05, 3.63) is 41.5 Å². The molecule has 2 amide bonds. The first-order valence-corrected chi connectivity index (χ1v) is 10.1. The van der Waals surface area contributed by atoms with Gasteiger partial charge in [0.15, 0.2) is 11.5 Å². The molecule has 0 fully saturated rings.